The van der Waals surface area contributed by atoms with Gasteiger partial charge in [-0.25, -0.2) is 0 Å². The quantitative estimate of drug-likeness (QED) is 0.718. The number of fused-ring (bicyclic) bond motifs is 2. The molecule has 3 aromatic carbocycles. The average molecular weight is 388 g/mol. The Labute approximate surface area is 168 Å². The standard InChI is InChI=1S/C24H20O5/c1-27-16-9-6-14(7-10-16)21-17-4-2-3-5-18(17)22(23(21)24(25)26)15-8-11-19-20(12-15)29-13-28-19/h2-12,21-23H,13H2,1H3,(H,25,26)/t21-,22-,23+/m1/s1. The van der Waals surface area contributed by atoms with Crippen LogP contribution in [0.1, 0.15) is 34.1 Å². The van der Waals surface area contributed by atoms with Crippen molar-refractivity contribution in [1.29, 1.82) is 0 Å². The van der Waals surface area contributed by atoms with Gasteiger partial charge in [-0.05, 0) is 46.5 Å². The SMILES string of the molecule is COc1ccc([C@@H]2c3ccccc3[C@@H](c3ccc4c(c3)OCO4)[C@H]2C(=O)O)cc1. The largest absolute Gasteiger partial charge is 0.497 e. The molecule has 3 atom stereocenters. The molecule has 0 unspecified atom stereocenters. The van der Waals surface area contributed by atoms with Crippen molar-refractivity contribution < 1.29 is 24.1 Å². The molecule has 146 valence electrons. The van der Waals surface area contributed by atoms with Gasteiger partial charge in [0, 0.05) is 11.8 Å². The molecule has 29 heavy (non-hydrogen) atoms. The summed E-state index contributed by atoms with van der Waals surface area (Å²) in [6.07, 6.45) is 0. The summed E-state index contributed by atoms with van der Waals surface area (Å²) in [5, 5.41) is 10.3. The summed E-state index contributed by atoms with van der Waals surface area (Å²) < 4.78 is 16.2. The summed E-state index contributed by atoms with van der Waals surface area (Å²) in [5.74, 6) is 0.149. The van der Waals surface area contributed by atoms with Gasteiger partial charge < -0.3 is 19.3 Å². The lowest BCUT2D eigenvalue weighted by atomic mass is 9.79. The molecule has 0 saturated carbocycles. The predicted octanol–water partition coefficient (Wildman–Crippen LogP) is 4.40. The molecule has 5 nitrogen and oxygen atoms in total. The monoisotopic (exact) mass is 388 g/mol. The molecule has 1 aliphatic heterocycles. The summed E-state index contributed by atoms with van der Waals surface area (Å²) in [4.78, 5) is 12.5. The minimum absolute atomic E-state index is 0.191. The van der Waals surface area contributed by atoms with Gasteiger partial charge >= 0.3 is 5.97 Å². The molecule has 0 saturated heterocycles. The van der Waals surface area contributed by atoms with Gasteiger partial charge in [-0.1, -0.05) is 42.5 Å². The number of hydrogen-bond acceptors (Lipinski definition) is 4. The van der Waals surface area contributed by atoms with Gasteiger partial charge in [-0.2, -0.15) is 0 Å². The molecule has 0 aromatic heterocycles. The van der Waals surface area contributed by atoms with E-state index in [-0.39, 0.29) is 18.6 Å². The lowest BCUT2D eigenvalue weighted by molar-refractivity contribution is -0.142. The Morgan fingerprint density at radius 1 is 0.897 bits per heavy atom. The summed E-state index contributed by atoms with van der Waals surface area (Å²) in [6.45, 7) is 0.191. The molecule has 3 aromatic rings. The molecule has 5 heteroatoms. The maximum Gasteiger partial charge on any atom is 0.308 e. The summed E-state index contributed by atoms with van der Waals surface area (Å²) in [5.41, 5.74) is 3.98. The third-order valence-corrected chi connectivity index (χ3v) is 5.90. The number of benzene rings is 3. The number of ether oxygens (including phenoxy) is 3. The predicted molar refractivity (Wildman–Crippen MR) is 107 cm³/mol. The van der Waals surface area contributed by atoms with Crippen LogP contribution in [0.15, 0.2) is 66.7 Å². The molecule has 1 aliphatic carbocycles. The van der Waals surface area contributed by atoms with Crippen molar-refractivity contribution in [3.8, 4) is 17.2 Å². The van der Waals surface area contributed by atoms with E-state index in [0.29, 0.717) is 11.5 Å². The molecule has 0 radical (unpaired) electrons. The molecule has 0 spiro atoms. The fourth-order valence-electron chi connectivity index (χ4n) is 4.63. The zero-order valence-corrected chi connectivity index (χ0v) is 15.9. The van der Waals surface area contributed by atoms with Crippen LogP contribution in [0.3, 0.4) is 0 Å². The number of carboxylic acid groups (broad SMARTS) is 1. The van der Waals surface area contributed by atoms with E-state index in [1.54, 1.807) is 7.11 Å². The lowest BCUT2D eigenvalue weighted by Gasteiger charge is -2.23. The van der Waals surface area contributed by atoms with Crippen molar-refractivity contribution in [1.82, 2.24) is 0 Å². The summed E-state index contributed by atoms with van der Waals surface area (Å²) in [6, 6.07) is 21.4. The minimum Gasteiger partial charge on any atom is -0.497 e. The van der Waals surface area contributed by atoms with Crippen molar-refractivity contribution in [2.24, 2.45) is 5.92 Å². The molecular formula is C24H20O5. The van der Waals surface area contributed by atoms with E-state index in [1.165, 1.54) is 0 Å². The number of rotatable bonds is 4. The van der Waals surface area contributed by atoms with Crippen molar-refractivity contribution in [2.45, 2.75) is 11.8 Å². The van der Waals surface area contributed by atoms with Crippen LogP contribution in [0, 0.1) is 5.92 Å². The normalized spacial score (nSPS) is 21.6. The third-order valence-electron chi connectivity index (χ3n) is 5.90. The van der Waals surface area contributed by atoms with E-state index in [0.717, 1.165) is 28.0 Å². The van der Waals surface area contributed by atoms with E-state index < -0.39 is 11.9 Å². The topological polar surface area (TPSA) is 65.0 Å². The highest BCUT2D eigenvalue weighted by Crippen LogP contribution is 2.53. The lowest BCUT2D eigenvalue weighted by Crippen LogP contribution is -2.23. The number of carboxylic acids is 1. The second-order valence-electron chi connectivity index (χ2n) is 7.33. The summed E-state index contributed by atoms with van der Waals surface area (Å²) >= 11 is 0. The second kappa shape index (κ2) is 6.85. The minimum atomic E-state index is -0.815. The van der Waals surface area contributed by atoms with Gasteiger partial charge in [0.05, 0.1) is 13.0 Å². The first-order valence-electron chi connectivity index (χ1n) is 9.52. The van der Waals surface area contributed by atoms with Gasteiger partial charge in [0.2, 0.25) is 6.79 Å². The van der Waals surface area contributed by atoms with Crippen LogP contribution in [-0.4, -0.2) is 25.0 Å². The van der Waals surface area contributed by atoms with Crippen LogP contribution in [0.4, 0.5) is 0 Å². The maximum absolute atomic E-state index is 12.5. The molecule has 1 heterocycles. The first kappa shape index (κ1) is 17.6. The summed E-state index contributed by atoms with van der Waals surface area (Å²) in [7, 11) is 1.62. The van der Waals surface area contributed by atoms with Crippen molar-refractivity contribution in [2.75, 3.05) is 13.9 Å². The van der Waals surface area contributed by atoms with Crippen LogP contribution in [-0.2, 0) is 4.79 Å². The molecule has 0 fully saturated rings. The fourth-order valence-corrected chi connectivity index (χ4v) is 4.63. The Hall–Kier alpha value is -3.47. The average Bonchev–Trinajstić information content (AvgIpc) is 3.35. The van der Waals surface area contributed by atoms with E-state index in [4.69, 9.17) is 14.2 Å². The first-order chi connectivity index (χ1) is 14.2. The Balaban J connectivity index is 1.66. The van der Waals surface area contributed by atoms with Crippen LogP contribution >= 0.6 is 0 Å². The van der Waals surface area contributed by atoms with Gasteiger partial charge in [0.15, 0.2) is 11.5 Å². The highest BCUT2D eigenvalue weighted by molar-refractivity contribution is 5.78. The van der Waals surface area contributed by atoms with Crippen LogP contribution < -0.4 is 14.2 Å². The van der Waals surface area contributed by atoms with E-state index in [9.17, 15) is 9.90 Å². The zero-order valence-electron chi connectivity index (χ0n) is 15.9. The number of methoxy groups -OCH3 is 1. The Bertz CT molecular complexity index is 1070. The number of hydrogen-bond donors (Lipinski definition) is 1. The van der Waals surface area contributed by atoms with Gasteiger partial charge in [0.1, 0.15) is 5.75 Å². The maximum atomic E-state index is 12.5. The smallest absolute Gasteiger partial charge is 0.308 e. The second-order valence-corrected chi connectivity index (χ2v) is 7.33. The molecule has 2 aliphatic rings. The molecule has 0 amide bonds. The molecule has 1 N–H and O–H groups in total. The van der Waals surface area contributed by atoms with Gasteiger partial charge in [-0.3, -0.25) is 4.79 Å². The van der Waals surface area contributed by atoms with E-state index >= 15 is 0 Å². The zero-order chi connectivity index (χ0) is 20.0. The Morgan fingerprint density at radius 2 is 1.52 bits per heavy atom. The van der Waals surface area contributed by atoms with Crippen molar-refractivity contribution >= 4 is 5.97 Å². The first-order valence-corrected chi connectivity index (χ1v) is 9.52. The Kier molecular flexibility index (Phi) is 4.16. The highest BCUT2D eigenvalue weighted by atomic mass is 16.7. The molecule has 5 rings (SSSR count). The van der Waals surface area contributed by atoms with Crippen LogP contribution in [0.2, 0.25) is 0 Å². The van der Waals surface area contributed by atoms with Gasteiger partial charge in [0.25, 0.3) is 0 Å². The fraction of sp³-hybridized carbons (Fsp3) is 0.208. The number of aliphatic carboxylic acids is 1. The Morgan fingerprint density at radius 3 is 2.17 bits per heavy atom. The van der Waals surface area contributed by atoms with Crippen LogP contribution in [0.25, 0.3) is 0 Å². The van der Waals surface area contributed by atoms with Crippen LogP contribution in [0.5, 0.6) is 17.2 Å². The third kappa shape index (κ3) is 2.81. The number of carbonyl (C=O) groups is 1. The van der Waals surface area contributed by atoms with E-state index in [2.05, 4.69) is 0 Å². The van der Waals surface area contributed by atoms with Crippen molar-refractivity contribution in [3.05, 3.63) is 89.0 Å². The molecular weight excluding hydrogens is 368 g/mol. The highest BCUT2D eigenvalue weighted by Gasteiger charge is 2.46. The van der Waals surface area contributed by atoms with Crippen molar-refractivity contribution in [3.63, 3.8) is 0 Å². The van der Waals surface area contributed by atoms with E-state index in [1.807, 2.05) is 66.7 Å². The van der Waals surface area contributed by atoms with Gasteiger partial charge in [-0.15, -0.1) is 0 Å². The molecule has 0 bridgehead atoms.